The zero-order valence-electron chi connectivity index (χ0n) is 13.9. The summed E-state index contributed by atoms with van der Waals surface area (Å²) in [5.41, 5.74) is 6.96. The van der Waals surface area contributed by atoms with Crippen LogP contribution in [0.4, 0.5) is 0 Å². The second-order valence-electron chi connectivity index (χ2n) is 6.66. The van der Waals surface area contributed by atoms with Gasteiger partial charge in [0, 0.05) is 38.8 Å². The third-order valence-electron chi connectivity index (χ3n) is 4.89. The van der Waals surface area contributed by atoms with E-state index in [1.807, 2.05) is 11.0 Å². The van der Waals surface area contributed by atoms with E-state index in [1.165, 1.54) is 5.56 Å². The summed E-state index contributed by atoms with van der Waals surface area (Å²) >= 11 is 0. The van der Waals surface area contributed by atoms with Crippen LogP contribution in [0.1, 0.15) is 25.3 Å². The summed E-state index contributed by atoms with van der Waals surface area (Å²) in [6, 6.07) is 10.7. The Morgan fingerprint density at radius 3 is 2.70 bits per heavy atom. The second kappa shape index (κ2) is 7.43. The Hall–Kier alpha value is -1.43. The molecule has 1 unspecified atom stereocenters. The van der Waals surface area contributed by atoms with E-state index in [0.717, 1.165) is 39.0 Å². The molecule has 1 aromatic carbocycles. The molecule has 1 aromatic rings. The quantitative estimate of drug-likeness (QED) is 0.907. The highest BCUT2D eigenvalue weighted by molar-refractivity contribution is 5.81. The van der Waals surface area contributed by atoms with Crippen molar-refractivity contribution in [3.05, 3.63) is 35.9 Å². The van der Waals surface area contributed by atoms with Crippen LogP contribution in [0, 0.1) is 0 Å². The van der Waals surface area contributed by atoms with Gasteiger partial charge in [-0.3, -0.25) is 9.69 Å². The molecule has 0 saturated carbocycles. The first-order valence-electron chi connectivity index (χ1n) is 8.59. The normalized spacial score (nSPS) is 29.0. The number of carbonyl (C=O) groups is 1. The molecule has 2 N–H and O–H groups in total. The molecule has 2 aliphatic heterocycles. The zero-order valence-corrected chi connectivity index (χ0v) is 13.9. The minimum atomic E-state index is -0.285. The van der Waals surface area contributed by atoms with E-state index in [4.69, 9.17) is 10.5 Å². The van der Waals surface area contributed by atoms with Gasteiger partial charge < -0.3 is 15.4 Å². The van der Waals surface area contributed by atoms with E-state index >= 15 is 0 Å². The van der Waals surface area contributed by atoms with E-state index < -0.39 is 0 Å². The van der Waals surface area contributed by atoms with E-state index in [9.17, 15) is 4.79 Å². The number of rotatable bonds is 4. The van der Waals surface area contributed by atoms with Crippen LogP contribution in [-0.4, -0.2) is 60.1 Å². The van der Waals surface area contributed by atoms with Crippen molar-refractivity contribution in [1.82, 2.24) is 9.80 Å². The highest BCUT2D eigenvalue weighted by Gasteiger charge is 2.36. The summed E-state index contributed by atoms with van der Waals surface area (Å²) in [6.07, 6.45) is 1.47. The van der Waals surface area contributed by atoms with E-state index in [1.54, 1.807) is 0 Å². The molecule has 2 fully saturated rings. The predicted octanol–water partition coefficient (Wildman–Crippen LogP) is 1.23. The molecule has 126 valence electrons. The van der Waals surface area contributed by atoms with Crippen molar-refractivity contribution >= 4 is 5.91 Å². The van der Waals surface area contributed by atoms with Crippen molar-refractivity contribution in [1.29, 1.82) is 0 Å². The third kappa shape index (κ3) is 3.91. The van der Waals surface area contributed by atoms with Gasteiger partial charge >= 0.3 is 0 Å². The topological polar surface area (TPSA) is 58.8 Å². The average Bonchev–Trinajstić information content (AvgIpc) is 3.04. The molecule has 23 heavy (non-hydrogen) atoms. The standard InChI is InChI=1S/C18H27N3O2/c1-14-12-20(13-15-5-3-2-4-6-15)9-10-21(14)18(22)17-8-7-16(11-19)23-17/h2-6,14,16-17H,7-13,19H2,1H3/t14?,16-,17+/m1/s1. The third-order valence-corrected chi connectivity index (χ3v) is 4.89. The van der Waals surface area contributed by atoms with Crippen LogP contribution in [0.2, 0.25) is 0 Å². The van der Waals surface area contributed by atoms with E-state index in [-0.39, 0.29) is 24.2 Å². The summed E-state index contributed by atoms with van der Waals surface area (Å²) in [6.45, 7) is 6.18. The SMILES string of the molecule is CC1CN(Cc2ccccc2)CCN1C(=O)[C@@H]1CC[C@H](CN)O1. The van der Waals surface area contributed by atoms with Crippen molar-refractivity contribution < 1.29 is 9.53 Å². The van der Waals surface area contributed by atoms with Crippen LogP contribution in [0.25, 0.3) is 0 Å². The van der Waals surface area contributed by atoms with Gasteiger partial charge in [-0.1, -0.05) is 30.3 Å². The number of nitrogens with two attached hydrogens (primary N) is 1. The van der Waals surface area contributed by atoms with Gasteiger partial charge in [-0.15, -0.1) is 0 Å². The maximum absolute atomic E-state index is 12.7. The van der Waals surface area contributed by atoms with E-state index in [2.05, 4.69) is 36.1 Å². The number of hydrogen-bond donors (Lipinski definition) is 1. The smallest absolute Gasteiger partial charge is 0.252 e. The molecular formula is C18H27N3O2. The Morgan fingerprint density at radius 1 is 1.26 bits per heavy atom. The molecule has 0 aliphatic carbocycles. The molecule has 0 radical (unpaired) electrons. The molecule has 5 nitrogen and oxygen atoms in total. The number of amides is 1. The first-order chi connectivity index (χ1) is 11.2. The van der Waals surface area contributed by atoms with Gasteiger partial charge in [0.05, 0.1) is 6.10 Å². The first-order valence-corrected chi connectivity index (χ1v) is 8.59. The van der Waals surface area contributed by atoms with Gasteiger partial charge in [0.15, 0.2) is 0 Å². The Balaban J connectivity index is 1.53. The summed E-state index contributed by atoms with van der Waals surface area (Å²) in [7, 11) is 0. The van der Waals surface area contributed by atoms with Crippen LogP contribution >= 0.6 is 0 Å². The van der Waals surface area contributed by atoms with Crippen molar-refractivity contribution in [2.75, 3.05) is 26.2 Å². The number of hydrogen-bond acceptors (Lipinski definition) is 4. The van der Waals surface area contributed by atoms with Crippen molar-refractivity contribution in [3.8, 4) is 0 Å². The van der Waals surface area contributed by atoms with Crippen LogP contribution in [0.15, 0.2) is 30.3 Å². The average molecular weight is 317 g/mol. The molecule has 2 heterocycles. The van der Waals surface area contributed by atoms with Gasteiger partial charge in [-0.2, -0.15) is 0 Å². The summed E-state index contributed by atoms with van der Waals surface area (Å²) in [5.74, 6) is 0.146. The molecule has 0 bridgehead atoms. The lowest BCUT2D eigenvalue weighted by molar-refractivity contribution is -0.147. The number of piperazine rings is 1. The number of nitrogens with zero attached hydrogens (tertiary/aromatic N) is 2. The van der Waals surface area contributed by atoms with Crippen LogP contribution in [0.3, 0.4) is 0 Å². The van der Waals surface area contributed by atoms with Crippen LogP contribution in [0.5, 0.6) is 0 Å². The molecule has 3 atom stereocenters. The Labute approximate surface area is 138 Å². The molecule has 1 amide bonds. The summed E-state index contributed by atoms with van der Waals surface area (Å²) in [5, 5.41) is 0. The van der Waals surface area contributed by atoms with Gasteiger partial charge in [0.2, 0.25) is 0 Å². The van der Waals surface area contributed by atoms with Crippen molar-refractivity contribution in [2.45, 2.75) is 44.6 Å². The van der Waals surface area contributed by atoms with Gasteiger partial charge in [-0.05, 0) is 25.3 Å². The highest BCUT2D eigenvalue weighted by atomic mass is 16.5. The van der Waals surface area contributed by atoms with Crippen molar-refractivity contribution in [3.63, 3.8) is 0 Å². The lowest BCUT2D eigenvalue weighted by Gasteiger charge is -2.40. The minimum absolute atomic E-state index is 0.0543. The zero-order chi connectivity index (χ0) is 16.2. The van der Waals surface area contributed by atoms with Crippen LogP contribution < -0.4 is 5.73 Å². The van der Waals surface area contributed by atoms with Gasteiger partial charge in [0.25, 0.3) is 5.91 Å². The lowest BCUT2D eigenvalue weighted by Crippen LogP contribution is -2.56. The summed E-state index contributed by atoms with van der Waals surface area (Å²) in [4.78, 5) is 17.1. The highest BCUT2D eigenvalue weighted by Crippen LogP contribution is 2.23. The fraction of sp³-hybridized carbons (Fsp3) is 0.611. The molecule has 0 aromatic heterocycles. The predicted molar refractivity (Wildman–Crippen MR) is 89.8 cm³/mol. The molecule has 3 rings (SSSR count). The van der Waals surface area contributed by atoms with Gasteiger partial charge in [0.1, 0.15) is 6.10 Å². The van der Waals surface area contributed by atoms with E-state index in [0.29, 0.717) is 6.54 Å². The Kier molecular flexibility index (Phi) is 5.30. The van der Waals surface area contributed by atoms with Gasteiger partial charge in [-0.25, -0.2) is 0 Å². The van der Waals surface area contributed by atoms with Crippen LogP contribution in [-0.2, 0) is 16.1 Å². The molecule has 2 aliphatic rings. The first kappa shape index (κ1) is 16.4. The number of ether oxygens (including phenoxy) is 1. The Morgan fingerprint density at radius 2 is 2.04 bits per heavy atom. The number of benzene rings is 1. The lowest BCUT2D eigenvalue weighted by atomic mass is 10.1. The van der Waals surface area contributed by atoms with Crippen molar-refractivity contribution in [2.24, 2.45) is 5.73 Å². The monoisotopic (exact) mass is 317 g/mol. The second-order valence-corrected chi connectivity index (χ2v) is 6.66. The maximum atomic E-state index is 12.7. The number of carbonyl (C=O) groups excluding carboxylic acids is 1. The molecule has 5 heteroatoms. The molecule has 0 spiro atoms. The summed E-state index contributed by atoms with van der Waals surface area (Å²) < 4.78 is 5.77. The fourth-order valence-corrected chi connectivity index (χ4v) is 3.59. The maximum Gasteiger partial charge on any atom is 0.252 e. The fourth-order valence-electron chi connectivity index (χ4n) is 3.59. The molecular weight excluding hydrogens is 290 g/mol. The molecule has 2 saturated heterocycles. The Bertz CT molecular complexity index is 522. The minimum Gasteiger partial charge on any atom is -0.364 e. The largest absolute Gasteiger partial charge is 0.364 e.